The third-order valence-electron chi connectivity index (χ3n) is 6.09. The summed E-state index contributed by atoms with van der Waals surface area (Å²) in [5.41, 5.74) is 2.26. The number of rotatable bonds is 4. The molecule has 0 unspecified atom stereocenters. The van der Waals surface area contributed by atoms with Crippen molar-refractivity contribution < 1.29 is 15.3 Å². The lowest BCUT2D eigenvalue weighted by molar-refractivity contribution is 0.367. The summed E-state index contributed by atoms with van der Waals surface area (Å²) in [6.45, 7) is 0. The van der Waals surface area contributed by atoms with Crippen LogP contribution in [0.2, 0.25) is 0 Å². The van der Waals surface area contributed by atoms with E-state index < -0.39 is 11.5 Å². The van der Waals surface area contributed by atoms with Crippen LogP contribution in [0.4, 0.5) is 0 Å². The Bertz CT molecular complexity index is 1390. The third kappa shape index (κ3) is 4.24. The molecule has 168 valence electrons. The molecule has 0 saturated heterocycles. The van der Waals surface area contributed by atoms with Crippen LogP contribution in [0.5, 0.6) is 17.2 Å². The van der Waals surface area contributed by atoms with E-state index >= 15 is 0 Å². The third-order valence-corrected chi connectivity index (χ3v) is 6.92. The Labute approximate surface area is 195 Å². The minimum atomic E-state index is -0.560. The first-order valence-corrected chi connectivity index (χ1v) is 12.0. The van der Waals surface area contributed by atoms with Crippen molar-refractivity contribution in [2.75, 3.05) is 0 Å². The van der Waals surface area contributed by atoms with Gasteiger partial charge in [-0.05, 0) is 35.7 Å². The van der Waals surface area contributed by atoms with Crippen LogP contribution in [-0.2, 0) is 0 Å². The van der Waals surface area contributed by atoms with Crippen molar-refractivity contribution in [2.24, 2.45) is 10.1 Å². The topological polar surface area (TPSA) is 90.3 Å². The molecular formula is C26H25N3O3S. The van der Waals surface area contributed by atoms with E-state index in [1.807, 2.05) is 22.9 Å². The second-order valence-corrected chi connectivity index (χ2v) is 9.12. The molecule has 0 bridgehead atoms. The van der Waals surface area contributed by atoms with Crippen molar-refractivity contribution in [3.63, 3.8) is 0 Å². The zero-order valence-electron chi connectivity index (χ0n) is 18.1. The average molecular weight is 460 g/mol. The lowest BCUT2D eigenvalue weighted by Crippen LogP contribution is -2.19. The highest BCUT2D eigenvalue weighted by Crippen LogP contribution is 2.36. The summed E-state index contributed by atoms with van der Waals surface area (Å²) >= 11 is 1.55. The Morgan fingerprint density at radius 2 is 1.67 bits per heavy atom. The van der Waals surface area contributed by atoms with Gasteiger partial charge in [0.15, 0.2) is 11.5 Å². The summed E-state index contributed by atoms with van der Waals surface area (Å²) < 4.78 is 1.81. The van der Waals surface area contributed by atoms with E-state index in [9.17, 15) is 15.3 Å². The molecule has 3 aromatic carbocycles. The summed E-state index contributed by atoms with van der Waals surface area (Å²) in [6.07, 6.45) is 7.30. The maximum atomic E-state index is 10.2. The Morgan fingerprint density at radius 3 is 2.52 bits per heavy atom. The normalized spacial score (nSPS) is 15.6. The zero-order chi connectivity index (χ0) is 22.8. The molecule has 4 aromatic rings. The SMILES string of the molecule is Oc1ccc(C=Nn2c(-c3cccc4ccccc34)csc2=NC2CCCCC2)c(O)c1O. The average Bonchev–Trinajstić information content (AvgIpc) is 3.24. The number of thiazole rings is 1. The van der Waals surface area contributed by atoms with Gasteiger partial charge in [-0.25, -0.2) is 4.68 Å². The number of aromatic hydroxyl groups is 3. The largest absolute Gasteiger partial charge is 0.504 e. The van der Waals surface area contributed by atoms with Crippen LogP contribution in [0, 0.1) is 0 Å². The van der Waals surface area contributed by atoms with Gasteiger partial charge in [0.2, 0.25) is 10.6 Å². The fraction of sp³-hybridized carbons (Fsp3) is 0.231. The summed E-state index contributed by atoms with van der Waals surface area (Å²) in [5.74, 6) is -1.35. The van der Waals surface area contributed by atoms with Gasteiger partial charge < -0.3 is 15.3 Å². The number of fused-ring (bicyclic) bond motifs is 1. The molecule has 0 amide bonds. The lowest BCUT2D eigenvalue weighted by atomic mass is 9.96. The molecule has 3 N–H and O–H groups in total. The molecule has 1 saturated carbocycles. The predicted molar refractivity (Wildman–Crippen MR) is 132 cm³/mol. The van der Waals surface area contributed by atoms with Crippen LogP contribution in [0.1, 0.15) is 37.7 Å². The molecule has 6 nitrogen and oxygen atoms in total. The molecule has 1 aromatic heterocycles. The first-order valence-electron chi connectivity index (χ1n) is 11.1. The van der Waals surface area contributed by atoms with Crippen molar-refractivity contribution in [2.45, 2.75) is 38.1 Å². The Kier molecular flexibility index (Phi) is 5.88. The minimum Gasteiger partial charge on any atom is -0.504 e. The lowest BCUT2D eigenvalue weighted by Gasteiger charge is -2.17. The fourth-order valence-electron chi connectivity index (χ4n) is 4.31. The summed E-state index contributed by atoms with van der Waals surface area (Å²) in [7, 11) is 0. The number of phenols is 3. The van der Waals surface area contributed by atoms with E-state index in [0.29, 0.717) is 5.56 Å². The van der Waals surface area contributed by atoms with E-state index in [-0.39, 0.29) is 11.8 Å². The highest BCUT2D eigenvalue weighted by molar-refractivity contribution is 7.07. The summed E-state index contributed by atoms with van der Waals surface area (Å²) in [4.78, 5) is 5.82. The molecule has 0 spiro atoms. The fourth-order valence-corrected chi connectivity index (χ4v) is 5.21. The molecule has 5 rings (SSSR count). The molecule has 1 aliphatic carbocycles. The minimum absolute atomic E-state index is 0.283. The maximum Gasteiger partial charge on any atom is 0.206 e. The highest BCUT2D eigenvalue weighted by Gasteiger charge is 2.15. The van der Waals surface area contributed by atoms with Crippen molar-refractivity contribution >= 4 is 28.3 Å². The van der Waals surface area contributed by atoms with Crippen molar-refractivity contribution in [3.05, 3.63) is 70.3 Å². The Morgan fingerprint density at radius 1 is 0.879 bits per heavy atom. The number of phenolic OH excluding ortho intramolecular Hbond substituents is 3. The zero-order valence-corrected chi connectivity index (χ0v) is 18.9. The van der Waals surface area contributed by atoms with Crippen LogP contribution < -0.4 is 4.80 Å². The van der Waals surface area contributed by atoms with E-state index in [1.165, 1.54) is 37.6 Å². The number of nitrogens with zero attached hydrogens (tertiary/aromatic N) is 3. The molecule has 1 fully saturated rings. The second-order valence-electron chi connectivity index (χ2n) is 8.28. The van der Waals surface area contributed by atoms with Crippen LogP contribution in [0.25, 0.3) is 22.0 Å². The van der Waals surface area contributed by atoms with E-state index in [1.54, 1.807) is 11.3 Å². The van der Waals surface area contributed by atoms with Crippen LogP contribution in [0.3, 0.4) is 0 Å². The van der Waals surface area contributed by atoms with Gasteiger partial charge in [-0.15, -0.1) is 11.3 Å². The molecule has 0 aliphatic heterocycles. The van der Waals surface area contributed by atoms with Crippen LogP contribution in [-0.4, -0.2) is 32.3 Å². The van der Waals surface area contributed by atoms with E-state index in [0.717, 1.165) is 39.7 Å². The van der Waals surface area contributed by atoms with Gasteiger partial charge in [0.05, 0.1) is 18.0 Å². The molecular weight excluding hydrogens is 434 g/mol. The molecule has 1 aliphatic rings. The smallest absolute Gasteiger partial charge is 0.206 e. The van der Waals surface area contributed by atoms with Gasteiger partial charge in [-0.1, -0.05) is 61.7 Å². The van der Waals surface area contributed by atoms with Gasteiger partial charge in [-0.2, -0.15) is 5.10 Å². The molecule has 1 heterocycles. The van der Waals surface area contributed by atoms with Gasteiger partial charge >= 0.3 is 0 Å². The van der Waals surface area contributed by atoms with Gasteiger partial charge in [-0.3, -0.25) is 4.99 Å². The van der Waals surface area contributed by atoms with Crippen molar-refractivity contribution in [1.29, 1.82) is 0 Å². The molecule has 0 atom stereocenters. The number of benzene rings is 3. The van der Waals surface area contributed by atoms with Crippen LogP contribution >= 0.6 is 11.3 Å². The standard InChI is InChI=1S/C26H25N3O3S/c30-23-14-13-18(24(31)25(23)32)15-27-29-22(16-33-26(29)28-19-9-2-1-3-10-19)21-12-6-8-17-7-4-5-11-20(17)21/h4-8,11-16,19,30-32H,1-3,9-10H2. The second kappa shape index (κ2) is 9.11. The van der Waals surface area contributed by atoms with Crippen molar-refractivity contribution in [1.82, 2.24) is 4.68 Å². The molecule has 0 radical (unpaired) electrons. The van der Waals surface area contributed by atoms with Crippen LogP contribution in [0.15, 0.2) is 70.1 Å². The van der Waals surface area contributed by atoms with Gasteiger partial charge in [0, 0.05) is 16.5 Å². The predicted octanol–water partition coefficient (Wildman–Crippen LogP) is 5.60. The van der Waals surface area contributed by atoms with Gasteiger partial charge in [0.25, 0.3) is 0 Å². The highest BCUT2D eigenvalue weighted by atomic mass is 32.1. The quantitative estimate of drug-likeness (QED) is 0.274. The monoisotopic (exact) mass is 459 g/mol. The van der Waals surface area contributed by atoms with Crippen molar-refractivity contribution in [3.8, 4) is 28.5 Å². The van der Waals surface area contributed by atoms with E-state index in [2.05, 4.69) is 34.7 Å². The summed E-state index contributed by atoms with van der Waals surface area (Å²) in [5, 5.41) is 38.7. The summed E-state index contributed by atoms with van der Waals surface area (Å²) in [6, 6.07) is 17.5. The first-order chi connectivity index (χ1) is 16.1. The Balaban J connectivity index is 1.66. The maximum absolute atomic E-state index is 10.2. The number of aromatic nitrogens is 1. The number of hydrogen-bond acceptors (Lipinski definition) is 6. The first kappa shape index (κ1) is 21.3. The van der Waals surface area contributed by atoms with E-state index in [4.69, 9.17) is 4.99 Å². The molecule has 33 heavy (non-hydrogen) atoms. The van der Waals surface area contributed by atoms with Gasteiger partial charge in [0.1, 0.15) is 0 Å². The molecule has 7 heteroatoms. The number of hydrogen-bond donors (Lipinski definition) is 3. The Hall–Kier alpha value is -3.58.